The van der Waals surface area contributed by atoms with Crippen molar-refractivity contribution >= 4 is 5.97 Å². The van der Waals surface area contributed by atoms with Crippen LogP contribution >= 0.6 is 0 Å². The Kier molecular flexibility index (Phi) is 25.2. The van der Waals surface area contributed by atoms with Crippen molar-refractivity contribution in [2.75, 3.05) is 59.5 Å². The minimum atomic E-state index is -0.753. The quantitative estimate of drug-likeness (QED) is 0.0790. The molecule has 10 heteroatoms. The van der Waals surface area contributed by atoms with Gasteiger partial charge in [0.1, 0.15) is 18.3 Å². The molecule has 0 heterocycles. The van der Waals surface area contributed by atoms with Crippen LogP contribution in [-0.2, 0) is 23.7 Å². The molecule has 0 saturated heterocycles. The van der Waals surface area contributed by atoms with E-state index in [1.54, 1.807) is 0 Å². The maximum atomic E-state index is 11.9. The normalized spacial score (nSPS) is 14.2. The molecule has 0 fully saturated rings. The van der Waals surface area contributed by atoms with Gasteiger partial charge in [-0.3, -0.25) is 4.79 Å². The van der Waals surface area contributed by atoms with Crippen molar-refractivity contribution in [3.05, 3.63) is 0 Å². The molecule has 5 N–H and O–H groups in total. The van der Waals surface area contributed by atoms with Crippen LogP contribution in [0.1, 0.15) is 77.6 Å². The van der Waals surface area contributed by atoms with Crippen molar-refractivity contribution < 1.29 is 49.3 Å². The van der Waals surface area contributed by atoms with Crippen molar-refractivity contribution in [3.63, 3.8) is 0 Å². The van der Waals surface area contributed by atoms with E-state index >= 15 is 0 Å². The molecule has 0 aromatic rings. The summed E-state index contributed by atoms with van der Waals surface area (Å²) in [6, 6.07) is 0. The zero-order valence-corrected chi connectivity index (χ0v) is 22.2. The average molecular weight is 525 g/mol. The summed E-state index contributed by atoms with van der Waals surface area (Å²) >= 11 is 0. The number of hydrogen-bond donors (Lipinski definition) is 5. The average Bonchev–Trinajstić information content (AvgIpc) is 2.90. The van der Waals surface area contributed by atoms with Crippen molar-refractivity contribution in [3.8, 4) is 0 Å². The second kappa shape index (κ2) is 25.8. The first-order valence-corrected chi connectivity index (χ1v) is 13.6. The van der Waals surface area contributed by atoms with Gasteiger partial charge in [-0.25, -0.2) is 0 Å². The fourth-order valence-electron chi connectivity index (χ4n) is 3.45. The summed E-state index contributed by atoms with van der Waals surface area (Å²) in [5.74, 6) is -0.481. The SMILES string of the molecule is CCCCCCCCCCCC(=O)OCCC(CO)COC(CO)COC(CO)COC(CO)CO. The van der Waals surface area contributed by atoms with Crippen molar-refractivity contribution in [2.45, 2.75) is 95.9 Å². The highest BCUT2D eigenvalue weighted by Gasteiger charge is 2.18. The van der Waals surface area contributed by atoms with E-state index in [0.717, 1.165) is 19.3 Å². The largest absolute Gasteiger partial charge is 0.466 e. The minimum Gasteiger partial charge on any atom is -0.466 e. The van der Waals surface area contributed by atoms with E-state index in [9.17, 15) is 20.1 Å². The zero-order chi connectivity index (χ0) is 26.9. The number of carbonyl (C=O) groups excluding carboxylic acids is 1. The summed E-state index contributed by atoms with van der Waals surface area (Å²) in [5, 5.41) is 46.5. The van der Waals surface area contributed by atoms with Crippen molar-refractivity contribution in [1.82, 2.24) is 0 Å². The van der Waals surface area contributed by atoms with Gasteiger partial charge in [0.2, 0.25) is 0 Å². The van der Waals surface area contributed by atoms with Crippen LogP contribution in [0.15, 0.2) is 0 Å². The van der Waals surface area contributed by atoms with Gasteiger partial charge in [0.15, 0.2) is 0 Å². The molecule has 0 amide bonds. The molecule has 10 nitrogen and oxygen atoms in total. The number of ether oxygens (including phenoxy) is 4. The Morgan fingerprint density at radius 3 is 1.58 bits per heavy atom. The highest BCUT2D eigenvalue weighted by molar-refractivity contribution is 5.69. The van der Waals surface area contributed by atoms with E-state index in [-0.39, 0.29) is 71.3 Å². The number of hydrogen-bond acceptors (Lipinski definition) is 10. The number of aliphatic hydroxyl groups is 5. The van der Waals surface area contributed by atoms with Gasteiger partial charge in [-0.05, 0) is 12.8 Å². The van der Waals surface area contributed by atoms with Crippen LogP contribution in [0.3, 0.4) is 0 Å². The lowest BCUT2D eigenvalue weighted by molar-refractivity contribution is -0.144. The van der Waals surface area contributed by atoms with Crippen molar-refractivity contribution in [1.29, 1.82) is 0 Å². The molecule has 0 aliphatic heterocycles. The second-order valence-corrected chi connectivity index (χ2v) is 9.23. The summed E-state index contributed by atoms with van der Waals surface area (Å²) in [4.78, 5) is 11.9. The van der Waals surface area contributed by atoms with Gasteiger partial charge in [0.25, 0.3) is 0 Å². The molecule has 3 unspecified atom stereocenters. The van der Waals surface area contributed by atoms with Gasteiger partial charge in [-0.1, -0.05) is 58.3 Å². The molecular formula is C26H52O10. The monoisotopic (exact) mass is 524 g/mol. The predicted molar refractivity (Wildman–Crippen MR) is 136 cm³/mol. The molecule has 0 aliphatic rings. The lowest BCUT2D eigenvalue weighted by atomic mass is 10.1. The Morgan fingerprint density at radius 2 is 1.08 bits per heavy atom. The highest BCUT2D eigenvalue weighted by atomic mass is 16.6. The number of rotatable bonds is 27. The Labute approximate surface area is 216 Å². The summed E-state index contributed by atoms with van der Waals surface area (Å²) in [5.41, 5.74) is 0. The molecule has 0 spiro atoms. The molecule has 3 atom stereocenters. The number of carbonyl (C=O) groups is 1. The van der Waals surface area contributed by atoms with Crippen LogP contribution in [0.4, 0.5) is 0 Å². The third-order valence-electron chi connectivity index (χ3n) is 5.95. The Balaban J connectivity index is 3.97. The van der Waals surface area contributed by atoms with Crippen LogP contribution in [0.25, 0.3) is 0 Å². The molecule has 0 bridgehead atoms. The fourth-order valence-corrected chi connectivity index (χ4v) is 3.45. The molecule has 0 radical (unpaired) electrons. The van der Waals surface area contributed by atoms with Gasteiger partial charge in [-0.15, -0.1) is 0 Å². The molecule has 0 aromatic heterocycles. The molecule has 0 aromatic carbocycles. The summed E-state index contributed by atoms with van der Waals surface area (Å²) in [7, 11) is 0. The third kappa shape index (κ3) is 20.2. The lowest BCUT2D eigenvalue weighted by Crippen LogP contribution is -2.35. The van der Waals surface area contributed by atoms with Gasteiger partial charge in [0, 0.05) is 18.9 Å². The van der Waals surface area contributed by atoms with Crippen LogP contribution in [0.2, 0.25) is 0 Å². The van der Waals surface area contributed by atoms with Gasteiger partial charge < -0.3 is 44.5 Å². The van der Waals surface area contributed by atoms with Crippen LogP contribution in [-0.4, -0.2) is 109 Å². The second-order valence-electron chi connectivity index (χ2n) is 9.23. The zero-order valence-electron chi connectivity index (χ0n) is 22.2. The van der Waals surface area contributed by atoms with E-state index in [2.05, 4.69) is 6.92 Å². The Bertz CT molecular complexity index is 476. The summed E-state index contributed by atoms with van der Waals surface area (Å²) < 4.78 is 21.6. The number of unbranched alkanes of at least 4 members (excludes halogenated alkanes) is 8. The Hall–Kier alpha value is -0.850. The molecule has 0 saturated carbocycles. The molecular weight excluding hydrogens is 472 g/mol. The van der Waals surface area contributed by atoms with Gasteiger partial charge >= 0.3 is 5.97 Å². The smallest absolute Gasteiger partial charge is 0.305 e. The standard InChI is InChI=1S/C26H52O10/c1-2-3-4-5-6-7-8-9-10-11-26(32)33-13-12-22(14-27)19-34-24(17-30)21-36-25(18-31)20-35-23(15-28)16-29/h22-25,27-31H,2-21H2,1H3. The third-order valence-corrected chi connectivity index (χ3v) is 5.95. The van der Waals surface area contributed by atoms with Crippen LogP contribution < -0.4 is 0 Å². The number of esters is 1. The van der Waals surface area contributed by atoms with Gasteiger partial charge in [0.05, 0.1) is 52.9 Å². The van der Waals surface area contributed by atoms with E-state index in [4.69, 9.17) is 29.2 Å². The van der Waals surface area contributed by atoms with E-state index in [1.165, 1.54) is 38.5 Å². The molecule has 0 aliphatic carbocycles. The van der Waals surface area contributed by atoms with E-state index in [0.29, 0.717) is 12.8 Å². The first kappa shape index (κ1) is 35.2. The van der Waals surface area contributed by atoms with E-state index < -0.39 is 18.3 Å². The lowest BCUT2D eigenvalue weighted by Gasteiger charge is -2.23. The first-order chi connectivity index (χ1) is 17.5. The van der Waals surface area contributed by atoms with Crippen molar-refractivity contribution in [2.24, 2.45) is 5.92 Å². The Morgan fingerprint density at radius 1 is 0.611 bits per heavy atom. The van der Waals surface area contributed by atoms with E-state index in [1.807, 2.05) is 0 Å². The maximum absolute atomic E-state index is 11.9. The summed E-state index contributed by atoms with van der Waals surface area (Å²) in [6.07, 6.45) is 9.41. The van der Waals surface area contributed by atoms with Crippen LogP contribution in [0, 0.1) is 5.92 Å². The predicted octanol–water partition coefficient (Wildman–Crippen LogP) is 1.57. The van der Waals surface area contributed by atoms with Gasteiger partial charge in [-0.2, -0.15) is 0 Å². The molecule has 36 heavy (non-hydrogen) atoms. The minimum absolute atomic E-state index is 0.0140. The molecule has 0 rings (SSSR count). The summed E-state index contributed by atoms with van der Waals surface area (Å²) in [6.45, 7) is 1.000. The topological polar surface area (TPSA) is 155 Å². The number of aliphatic hydroxyl groups excluding tert-OH is 5. The fraction of sp³-hybridized carbons (Fsp3) is 0.962. The highest BCUT2D eigenvalue weighted by Crippen LogP contribution is 2.12. The first-order valence-electron chi connectivity index (χ1n) is 13.6. The van der Waals surface area contributed by atoms with Crippen LogP contribution in [0.5, 0.6) is 0 Å². The molecule has 216 valence electrons. The maximum Gasteiger partial charge on any atom is 0.305 e.